The fourth-order valence-corrected chi connectivity index (χ4v) is 2.36. The van der Waals surface area contributed by atoms with Gasteiger partial charge in [0, 0.05) is 6.42 Å². The molecule has 0 heterocycles. The molecular formula is C18H19FO2. The predicted molar refractivity (Wildman–Crippen MR) is 81.5 cm³/mol. The number of halogens is 1. The van der Waals surface area contributed by atoms with E-state index in [9.17, 15) is 9.18 Å². The van der Waals surface area contributed by atoms with Crippen molar-refractivity contribution in [1.82, 2.24) is 0 Å². The van der Waals surface area contributed by atoms with Gasteiger partial charge in [0.2, 0.25) is 0 Å². The van der Waals surface area contributed by atoms with Gasteiger partial charge in [0.1, 0.15) is 11.6 Å². The second kappa shape index (κ2) is 6.53. The van der Waals surface area contributed by atoms with E-state index < -0.39 is 5.82 Å². The van der Waals surface area contributed by atoms with Crippen molar-refractivity contribution in [1.29, 1.82) is 0 Å². The molecule has 110 valence electrons. The number of ketones is 1. The standard InChI is InChI=1S/C18H19FO2/c1-12-5-4-6-15(10-12)21-8-7-17(20)18-14(3)9-13(2)11-16(18)19/h4-6,9-11H,7-8H2,1-3H3. The fourth-order valence-electron chi connectivity index (χ4n) is 2.36. The van der Waals surface area contributed by atoms with Crippen molar-refractivity contribution in [3.63, 3.8) is 0 Å². The Kier molecular flexibility index (Phi) is 4.73. The van der Waals surface area contributed by atoms with Crippen molar-refractivity contribution in [3.05, 3.63) is 64.5 Å². The number of carbonyl (C=O) groups is 1. The summed E-state index contributed by atoms with van der Waals surface area (Å²) in [6.45, 7) is 5.79. The minimum Gasteiger partial charge on any atom is -0.493 e. The summed E-state index contributed by atoms with van der Waals surface area (Å²) in [4.78, 5) is 12.1. The number of carbonyl (C=O) groups excluding carboxylic acids is 1. The highest BCUT2D eigenvalue weighted by Gasteiger charge is 2.15. The molecule has 0 aliphatic rings. The van der Waals surface area contributed by atoms with Crippen LogP contribution in [0.3, 0.4) is 0 Å². The summed E-state index contributed by atoms with van der Waals surface area (Å²) in [6, 6.07) is 10.8. The Morgan fingerprint density at radius 1 is 1.10 bits per heavy atom. The Hall–Kier alpha value is -2.16. The summed E-state index contributed by atoms with van der Waals surface area (Å²) in [5.41, 5.74) is 2.76. The van der Waals surface area contributed by atoms with Crippen LogP contribution in [0.5, 0.6) is 5.75 Å². The molecule has 0 aliphatic heterocycles. The van der Waals surface area contributed by atoms with Gasteiger partial charge in [-0.2, -0.15) is 0 Å². The van der Waals surface area contributed by atoms with Crippen LogP contribution in [0.25, 0.3) is 0 Å². The van der Waals surface area contributed by atoms with E-state index in [1.165, 1.54) is 6.07 Å². The number of aryl methyl sites for hydroxylation is 3. The van der Waals surface area contributed by atoms with Gasteiger partial charge in [0.15, 0.2) is 5.78 Å². The Labute approximate surface area is 124 Å². The molecule has 0 N–H and O–H groups in total. The molecule has 0 bridgehead atoms. The van der Waals surface area contributed by atoms with E-state index >= 15 is 0 Å². The molecule has 0 aliphatic carbocycles. The maximum Gasteiger partial charge on any atom is 0.169 e. The van der Waals surface area contributed by atoms with Gasteiger partial charge in [-0.25, -0.2) is 4.39 Å². The van der Waals surface area contributed by atoms with E-state index in [1.54, 1.807) is 6.92 Å². The maximum absolute atomic E-state index is 13.9. The second-order valence-electron chi connectivity index (χ2n) is 5.28. The van der Waals surface area contributed by atoms with Crippen LogP contribution in [0.15, 0.2) is 36.4 Å². The largest absolute Gasteiger partial charge is 0.493 e. The van der Waals surface area contributed by atoms with Crippen LogP contribution in [-0.4, -0.2) is 12.4 Å². The predicted octanol–water partition coefficient (Wildman–Crippen LogP) is 4.40. The van der Waals surface area contributed by atoms with Crippen LogP contribution in [0, 0.1) is 26.6 Å². The van der Waals surface area contributed by atoms with Gasteiger partial charge >= 0.3 is 0 Å². The minimum atomic E-state index is -0.451. The third kappa shape index (κ3) is 3.91. The van der Waals surface area contributed by atoms with Crippen molar-refractivity contribution in [2.75, 3.05) is 6.61 Å². The van der Waals surface area contributed by atoms with E-state index in [0.29, 0.717) is 5.56 Å². The number of Topliss-reactive ketones (excluding diaryl/α,β-unsaturated/α-hetero) is 1. The normalized spacial score (nSPS) is 10.5. The topological polar surface area (TPSA) is 26.3 Å². The number of rotatable bonds is 5. The van der Waals surface area contributed by atoms with E-state index in [2.05, 4.69) is 0 Å². The number of hydrogen-bond acceptors (Lipinski definition) is 2. The van der Waals surface area contributed by atoms with Crippen molar-refractivity contribution in [2.24, 2.45) is 0 Å². The van der Waals surface area contributed by atoms with Crippen molar-refractivity contribution < 1.29 is 13.9 Å². The number of benzene rings is 2. The molecule has 0 amide bonds. The van der Waals surface area contributed by atoms with Gasteiger partial charge in [0.05, 0.1) is 12.2 Å². The monoisotopic (exact) mass is 286 g/mol. The zero-order chi connectivity index (χ0) is 15.4. The summed E-state index contributed by atoms with van der Waals surface area (Å²) in [7, 11) is 0. The first-order valence-electron chi connectivity index (χ1n) is 6.97. The SMILES string of the molecule is Cc1cccc(OCCC(=O)c2c(C)cc(C)cc2F)c1. The lowest BCUT2D eigenvalue weighted by molar-refractivity contribution is 0.0957. The van der Waals surface area contributed by atoms with Crippen LogP contribution in [0.4, 0.5) is 4.39 Å². The first-order chi connectivity index (χ1) is 9.97. The summed E-state index contributed by atoms with van der Waals surface area (Å²) in [6.07, 6.45) is 0.161. The average molecular weight is 286 g/mol. The average Bonchev–Trinajstić information content (AvgIpc) is 2.37. The van der Waals surface area contributed by atoms with Crippen LogP contribution in [-0.2, 0) is 0 Å². The van der Waals surface area contributed by atoms with E-state index in [-0.39, 0.29) is 24.4 Å². The molecule has 2 aromatic carbocycles. The fraction of sp³-hybridized carbons (Fsp3) is 0.278. The van der Waals surface area contributed by atoms with Crippen LogP contribution in [0.2, 0.25) is 0 Å². The molecule has 0 atom stereocenters. The lowest BCUT2D eigenvalue weighted by Gasteiger charge is -2.09. The smallest absolute Gasteiger partial charge is 0.169 e. The zero-order valence-corrected chi connectivity index (χ0v) is 12.6. The highest BCUT2D eigenvalue weighted by atomic mass is 19.1. The second-order valence-corrected chi connectivity index (χ2v) is 5.28. The Balaban J connectivity index is 1.99. The highest BCUT2D eigenvalue weighted by molar-refractivity contribution is 5.97. The molecule has 0 saturated carbocycles. The number of hydrogen-bond donors (Lipinski definition) is 0. The maximum atomic E-state index is 13.9. The molecule has 2 aromatic rings. The van der Waals surface area contributed by atoms with Crippen LogP contribution >= 0.6 is 0 Å². The van der Waals surface area contributed by atoms with Gasteiger partial charge in [-0.1, -0.05) is 18.2 Å². The zero-order valence-electron chi connectivity index (χ0n) is 12.6. The van der Waals surface area contributed by atoms with Crippen LogP contribution in [0.1, 0.15) is 33.5 Å². The van der Waals surface area contributed by atoms with Gasteiger partial charge < -0.3 is 4.74 Å². The van der Waals surface area contributed by atoms with Crippen molar-refractivity contribution in [2.45, 2.75) is 27.2 Å². The highest BCUT2D eigenvalue weighted by Crippen LogP contribution is 2.18. The minimum absolute atomic E-state index is 0.161. The lowest BCUT2D eigenvalue weighted by Crippen LogP contribution is -2.10. The molecule has 0 aromatic heterocycles. The molecule has 0 saturated heterocycles. The Bertz CT molecular complexity index is 639. The molecular weight excluding hydrogens is 267 g/mol. The van der Waals surface area contributed by atoms with Crippen molar-refractivity contribution >= 4 is 5.78 Å². The number of ether oxygens (including phenoxy) is 1. The lowest BCUT2D eigenvalue weighted by atomic mass is 10.00. The van der Waals surface area contributed by atoms with E-state index in [0.717, 1.165) is 16.9 Å². The quantitative estimate of drug-likeness (QED) is 0.761. The summed E-state index contributed by atoms with van der Waals surface area (Å²) in [5.74, 6) is 0.0506. The van der Waals surface area contributed by atoms with Gasteiger partial charge in [-0.05, 0) is 55.7 Å². The molecule has 2 rings (SSSR count). The molecule has 0 unspecified atom stereocenters. The summed E-state index contributed by atoms with van der Waals surface area (Å²) >= 11 is 0. The molecule has 0 spiro atoms. The van der Waals surface area contributed by atoms with Gasteiger partial charge in [-0.3, -0.25) is 4.79 Å². The first kappa shape index (κ1) is 15.2. The van der Waals surface area contributed by atoms with E-state index in [4.69, 9.17) is 4.74 Å². The Morgan fingerprint density at radius 2 is 1.86 bits per heavy atom. The molecule has 2 nitrogen and oxygen atoms in total. The van der Waals surface area contributed by atoms with Crippen LogP contribution < -0.4 is 4.74 Å². The molecule has 3 heteroatoms. The first-order valence-corrected chi connectivity index (χ1v) is 6.97. The third-order valence-electron chi connectivity index (χ3n) is 3.30. The summed E-state index contributed by atoms with van der Waals surface area (Å²) < 4.78 is 19.4. The molecule has 0 fully saturated rings. The third-order valence-corrected chi connectivity index (χ3v) is 3.30. The van der Waals surface area contributed by atoms with E-state index in [1.807, 2.05) is 44.2 Å². The summed E-state index contributed by atoms with van der Waals surface area (Å²) in [5, 5.41) is 0. The Morgan fingerprint density at radius 3 is 2.52 bits per heavy atom. The van der Waals surface area contributed by atoms with Gasteiger partial charge in [0.25, 0.3) is 0 Å². The molecule has 0 radical (unpaired) electrons. The molecule has 21 heavy (non-hydrogen) atoms. The van der Waals surface area contributed by atoms with Crippen molar-refractivity contribution in [3.8, 4) is 5.75 Å². The van der Waals surface area contributed by atoms with Gasteiger partial charge in [-0.15, -0.1) is 0 Å².